The molecule has 0 heterocycles. The molecule has 0 atom stereocenters. The SMILES string of the molecule is NC1(c2cccc(CF)c2)CCC1. The van der Waals surface area contributed by atoms with Crippen molar-refractivity contribution in [1.82, 2.24) is 0 Å². The van der Waals surface area contributed by atoms with Crippen LogP contribution in [0.25, 0.3) is 0 Å². The first-order chi connectivity index (χ1) is 6.24. The molecule has 0 aromatic heterocycles. The van der Waals surface area contributed by atoms with Crippen LogP contribution in [-0.2, 0) is 12.2 Å². The van der Waals surface area contributed by atoms with Crippen LogP contribution in [-0.4, -0.2) is 0 Å². The molecule has 2 rings (SSSR count). The van der Waals surface area contributed by atoms with Gasteiger partial charge in [-0.3, -0.25) is 0 Å². The first-order valence-corrected chi connectivity index (χ1v) is 4.69. The molecule has 1 aliphatic rings. The average Bonchev–Trinajstić information content (AvgIpc) is 2.14. The number of rotatable bonds is 2. The molecule has 1 nitrogen and oxygen atoms in total. The highest BCUT2D eigenvalue weighted by molar-refractivity contribution is 5.30. The Morgan fingerprint density at radius 1 is 1.38 bits per heavy atom. The minimum absolute atomic E-state index is 0.162. The largest absolute Gasteiger partial charge is 0.321 e. The van der Waals surface area contributed by atoms with Crippen LogP contribution < -0.4 is 5.73 Å². The molecular formula is C11H14FN. The molecule has 1 saturated carbocycles. The minimum atomic E-state index is -0.399. The molecule has 2 heteroatoms. The highest BCUT2D eigenvalue weighted by Crippen LogP contribution is 2.38. The van der Waals surface area contributed by atoms with Crippen molar-refractivity contribution in [2.24, 2.45) is 5.73 Å². The van der Waals surface area contributed by atoms with E-state index in [0.717, 1.165) is 24.0 Å². The topological polar surface area (TPSA) is 26.0 Å². The molecule has 0 bridgehead atoms. The summed E-state index contributed by atoms with van der Waals surface area (Å²) in [5.41, 5.74) is 7.79. The van der Waals surface area contributed by atoms with Crippen LogP contribution in [0.2, 0.25) is 0 Å². The second kappa shape index (κ2) is 3.11. The maximum atomic E-state index is 12.4. The molecule has 1 fully saturated rings. The van der Waals surface area contributed by atoms with E-state index in [0.29, 0.717) is 0 Å². The van der Waals surface area contributed by atoms with Crippen LogP contribution in [0, 0.1) is 0 Å². The van der Waals surface area contributed by atoms with Gasteiger partial charge in [-0.25, -0.2) is 4.39 Å². The number of halogens is 1. The van der Waals surface area contributed by atoms with E-state index < -0.39 is 6.67 Å². The van der Waals surface area contributed by atoms with Gasteiger partial charge in [0.15, 0.2) is 0 Å². The zero-order valence-corrected chi connectivity index (χ0v) is 7.59. The minimum Gasteiger partial charge on any atom is -0.321 e. The van der Waals surface area contributed by atoms with Crippen molar-refractivity contribution < 1.29 is 4.39 Å². The van der Waals surface area contributed by atoms with Crippen LogP contribution in [0.15, 0.2) is 24.3 Å². The fourth-order valence-electron chi connectivity index (χ4n) is 1.81. The maximum Gasteiger partial charge on any atom is 0.115 e. The summed E-state index contributed by atoms with van der Waals surface area (Å²) < 4.78 is 12.4. The van der Waals surface area contributed by atoms with E-state index in [4.69, 9.17) is 5.73 Å². The van der Waals surface area contributed by atoms with E-state index in [2.05, 4.69) is 0 Å². The second-order valence-electron chi connectivity index (χ2n) is 3.84. The lowest BCUT2D eigenvalue weighted by Gasteiger charge is -2.38. The van der Waals surface area contributed by atoms with Gasteiger partial charge in [-0.2, -0.15) is 0 Å². The first kappa shape index (κ1) is 8.70. The summed E-state index contributed by atoms with van der Waals surface area (Å²) in [7, 11) is 0. The summed E-state index contributed by atoms with van der Waals surface area (Å²) in [6, 6.07) is 7.57. The highest BCUT2D eigenvalue weighted by atomic mass is 19.1. The summed E-state index contributed by atoms with van der Waals surface area (Å²) in [5, 5.41) is 0. The number of benzene rings is 1. The number of alkyl halides is 1. The third kappa shape index (κ3) is 1.46. The molecule has 13 heavy (non-hydrogen) atoms. The van der Waals surface area contributed by atoms with Gasteiger partial charge in [-0.15, -0.1) is 0 Å². The van der Waals surface area contributed by atoms with Gasteiger partial charge in [0, 0.05) is 5.54 Å². The Hall–Kier alpha value is -0.890. The summed E-state index contributed by atoms with van der Waals surface area (Å²) in [5.74, 6) is 0. The van der Waals surface area contributed by atoms with Crippen molar-refractivity contribution in [3.8, 4) is 0 Å². The lowest BCUT2D eigenvalue weighted by Crippen LogP contribution is -2.43. The van der Waals surface area contributed by atoms with E-state index in [1.807, 2.05) is 18.2 Å². The molecule has 0 unspecified atom stereocenters. The zero-order valence-electron chi connectivity index (χ0n) is 7.59. The van der Waals surface area contributed by atoms with Crippen LogP contribution in [0.5, 0.6) is 0 Å². The molecule has 1 aliphatic carbocycles. The van der Waals surface area contributed by atoms with E-state index in [1.54, 1.807) is 6.07 Å². The second-order valence-corrected chi connectivity index (χ2v) is 3.84. The Morgan fingerprint density at radius 3 is 2.69 bits per heavy atom. The van der Waals surface area contributed by atoms with Crippen molar-refractivity contribution in [2.45, 2.75) is 31.5 Å². The highest BCUT2D eigenvalue weighted by Gasteiger charge is 2.34. The Balaban J connectivity index is 2.29. The van der Waals surface area contributed by atoms with Crippen LogP contribution in [0.3, 0.4) is 0 Å². The van der Waals surface area contributed by atoms with Crippen molar-refractivity contribution in [1.29, 1.82) is 0 Å². The van der Waals surface area contributed by atoms with Crippen molar-refractivity contribution in [3.63, 3.8) is 0 Å². The van der Waals surface area contributed by atoms with E-state index in [1.165, 1.54) is 6.42 Å². The lowest BCUT2D eigenvalue weighted by molar-refractivity contribution is 0.253. The molecular weight excluding hydrogens is 165 g/mol. The van der Waals surface area contributed by atoms with Gasteiger partial charge in [0.25, 0.3) is 0 Å². The Morgan fingerprint density at radius 2 is 2.15 bits per heavy atom. The normalized spacial score (nSPS) is 19.5. The van der Waals surface area contributed by atoms with Gasteiger partial charge in [-0.1, -0.05) is 24.3 Å². The van der Waals surface area contributed by atoms with Crippen LogP contribution >= 0.6 is 0 Å². The monoisotopic (exact) mass is 179 g/mol. The van der Waals surface area contributed by atoms with Gasteiger partial charge in [0.05, 0.1) is 0 Å². The third-order valence-corrected chi connectivity index (χ3v) is 2.90. The Bertz CT molecular complexity index is 305. The van der Waals surface area contributed by atoms with E-state index in [9.17, 15) is 4.39 Å². The summed E-state index contributed by atoms with van der Waals surface area (Å²) in [4.78, 5) is 0. The Labute approximate surface area is 77.8 Å². The molecule has 70 valence electrons. The predicted molar refractivity (Wildman–Crippen MR) is 51.0 cm³/mol. The van der Waals surface area contributed by atoms with Crippen LogP contribution in [0.4, 0.5) is 4.39 Å². The maximum absolute atomic E-state index is 12.4. The van der Waals surface area contributed by atoms with Gasteiger partial charge < -0.3 is 5.73 Å². The molecule has 0 radical (unpaired) electrons. The lowest BCUT2D eigenvalue weighted by atomic mass is 9.72. The molecule has 0 amide bonds. The molecule has 0 aliphatic heterocycles. The first-order valence-electron chi connectivity index (χ1n) is 4.69. The number of hydrogen-bond acceptors (Lipinski definition) is 1. The predicted octanol–water partition coefficient (Wildman–Crippen LogP) is 2.49. The van der Waals surface area contributed by atoms with Gasteiger partial charge in [0.2, 0.25) is 0 Å². The van der Waals surface area contributed by atoms with Crippen molar-refractivity contribution in [2.75, 3.05) is 0 Å². The van der Waals surface area contributed by atoms with Gasteiger partial charge >= 0.3 is 0 Å². The molecule has 1 aromatic rings. The average molecular weight is 179 g/mol. The molecule has 0 saturated heterocycles. The Kier molecular flexibility index (Phi) is 2.08. The smallest absolute Gasteiger partial charge is 0.115 e. The summed E-state index contributed by atoms with van der Waals surface area (Å²) in [6.45, 7) is -0.399. The molecule has 0 spiro atoms. The van der Waals surface area contributed by atoms with Gasteiger partial charge in [-0.05, 0) is 30.4 Å². The molecule has 1 aromatic carbocycles. The fourth-order valence-corrected chi connectivity index (χ4v) is 1.81. The summed E-state index contributed by atoms with van der Waals surface area (Å²) >= 11 is 0. The number of hydrogen-bond donors (Lipinski definition) is 1. The van der Waals surface area contributed by atoms with Crippen molar-refractivity contribution in [3.05, 3.63) is 35.4 Å². The third-order valence-electron chi connectivity index (χ3n) is 2.90. The van der Waals surface area contributed by atoms with Gasteiger partial charge in [0.1, 0.15) is 6.67 Å². The zero-order chi connectivity index (χ0) is 9.31. The quantitative estimate of drug-likeness (QED) is 0.741. The standard InChI is InChI=1S/C11H14FN/c12-8-9-3-1-4-10(7-9)11(13)5-2-6-11/h1,3-4,7H,2,5-6,8,13H2. The van der Waals surface area contributed by atoms with Crippen molar-refractivity contribution >= 4 is 0 Å². The molecule has 2 N–H and O–H groups in total. The summed E-state index contributed by atoms with van der Waals surface area (Å²) in [6.07, 6.45) is 3.25. The van der Waals surface area contributed by atoms with Crippen LogP contribution in [0.1, 0.15) is 30.4 Å². The number of nitrogens with two attached hydrogens (primary N) is 1. The van der Waals surface area contributed by atoms with E-state index >= 15 is 0 Å². The fraction of sp³-hybridized carbons (Fsp3) is 0.455. The van der Waals surface area contributed by atoms with E-state index in [-0.39, 0.29) is 5.54 Å².